The van der Waals surface area contributed by atoms with Gasteiger partial charge in [-0.25, -0.2) is 13.4 Å². The number of anilines is 1. The van der Waals surface area contributed by atoms with Crippen molar-refractivity contribution in [3.05, 3.63) is 18.3 Å². The summed E-state index contributed by atoms with van der Waals surface area (Å²) in [6, 6.07) is 3.50. The molecule has 0 spiro atoms. The van der Waals surface area contributed by atoms with Crippen molar-refractivity contribution < 1.29 is 8.42 Å². The summed E-state index contributed by atoms with van der Waals surface area (Å²) in [4.78, 5) is 4.06. The lowest BCUT2D eigenvalue weighted by atomic mass is 10.1. The van der Waals surface area contributed by atoms with Crippen molar-refractivity contribution in [3.63, 3.8) is 0 Å². The predicted octanol–water partition coefficient (Wildman–Crippen LogP) is 2.57. The first kappa shape index (κ1) is 16.9. The molecule has 0 saturated heterocycles. The van der Waals surface area contributed by atoms with E-state index in [2.05, 4.69) is 24.1 Å². The maximum atomic E-state index is 12.6. The highest BCUT2D eigenvalue weighted by atomic mass is 32.2. The second-order valence-corrected chi connectivity index (χ2v) is 7.25. The summed E-state index contributed by atoms with van der Waals surface area (Å²) in [5.41, 5.74) is 0.575. The largest absolute Gasteiger partial charge is 0.383 e. The lowest BCUT2D eigenvalue weighted by Crippen LogP contribution is -2.30. The van der Waals surface area contributed by atoms with E-state index in [1.54, 1.807) is 19.2 Å². The number of sulfonamides is 1. The van der Waals surface area contributed by atoms with Crippen molar-refractivity contribution >= 4 is 15.7 Å². The average Bonchev–Trinajstić information content (AvgIpc) is 2.42. The number of aromatic nitrogens is 1. The Balaban J connectivity index is 2.96. The maximum Gasteiger partial charge on any atom is 0.262 e. The van der Waals surface area contributed by atoms with Gasteiger partial charge in [-0.05, 0) is 30.9 Å². The molecule has 0 fully saturated rings. The van der Waals surface area contributed by atoms with Gasteiger partial charge in [0.15, 0.2) is 5.03 Å². The van der Waals surface area contributed by atoms with Crippen molar-refractivity contribution in [2.24, 2.45) is 5.92 Å². The van der Waals surface area contributed by atoms with E-state index in [-0.39, 0.29) is 5.03 Å². The van der Waals surface area contributed by atoms with Gasteiger partial charge >= 0.3 is 0 Å². The second-order valence-electron chi connectivity index (χ2n) is 5.29. The third-order valence-electron chi connectivity index (χ3n) is 3.01. The Kier molecular flexibility index (Phi) is 6.42. The van der Waals surface area contributed by atoms with Crippen molar-refractivity contribution in [2.45, 2.75) is 38.6 Å². The first-order valence-corrected chi connectivity index (χ1v) is 8.48. The summed E-state index contributed by atoms with van der Waals surface area (Å²) in [5, 5.41) is 3.23. The zero-order chi connectivity index (χ0) is 15.2. The molecule has 5 nitrogen and oxygen atoms in total. The Bertz CT molecular complexity index is 515. The first-order valence-electron chi connectivity index (χ1n) is 7.04. The van der Waals surface area contributed by atoms with Crippen molar-refractivity contribution in [1.82, 2.24) is 9.29 Å². The Hall–Kier alpha value is -1.14. The van der Waals surface area contributed by atoms with Crippen LogP contribution in [-0.4, -0.2) is 37.8 Å². The molecule has 1 aromatic heterocycles. The molecule has 0 aliphatic heterocycles. The number of nitrogens with one attached hydrogen (secondary N) is 1. The Morgan fingerprint density at radius 2 is 2.10 bits per heavy atom. The van der Waals surface area contributed by atoms with E-state index in [9.17, 15) is 8.42 Å². The van der Waals surface area contributed by atoms with Gasteiger partial charge in [-0.15, -0.1) is 0 Å². The molecular weight excluding hydrogens is 274 g/mol. The number of hydrogen-bond donors (Lipinski definition) is 1. The summed E-state index contributed by atoms with van der Waals surface area (Å²) in [7, 11) is -1.93. The molecule has 0 aliphatic carbocycles. The van der Waals surface area contributed by atoms with Crippen LogP contribution >= 0.6 is 0 Å². The van der Waals surface area contributed by atoms with E-state index >= 15 is 0 Å². The van der Waals surface area contributed by atoms with Crippen LogP contribution in [0.1, 0.15) is 33.6 Å². The minimum Gasteiger partial charge on any atom is -0.383 e. The van der Waals surface area contributed by atoms with Gasteiger partial charge in [0.05, 0.1) is 5.69 Å². The van der Waals surface area contributed by atoms with Crippen molar-refractivity contribution in [2.75, 3.05) is 25.5 Å². The molecule has 1 aromatic rings. The van der Waals surface area contributed by atoms with Gasteiger partial charge in [0.2, 0.25) is 0 Å². The Labute approximate surface area is 122 Å². The SMILES string of the molecule is CCCNc1cccnc1S(=O)(=O)N(C)CCC(C)C. The lowest BCUT2D eigenvalue weighted by molar-refractivity contribution is 0.426. The van der Waals surface area contributed by atoms with Crippen LogP contribution < -0.4 is 5.32 Å². The standard InChI is InChI=1S/C14H25N3O2S/c1-5-9-15-13-7-6-10-16-14(13)20(18,19)17(4)11-8-12(2)3/h6-7,10,12,15H,5,8-9,11H2,1-4H3. The van der Waals surface area contributed by atoms with Gasteiger partial charge in [0, 0.05) is 26.3 Å². The van der Waals surface area contributed by atoms with E-state index in [1.165, 1.54) is 10.5 Å². The van der Waals surface area contributed by atoms with Gasteiger partial charge in [-0.2, -0.15) is 4.31 Å². The topological polar surface area (TPSA) is 62.3 Å². The van der Waals surface area contributed by atoms with E-state index in [1.807, 2.05) is 6.92 Å². The molecule has 0 aliphatic rings. The monoisotopic (exact) mass is 299 g/mol. The summed E-state index contributed by atoms with van der Waals surface area (Å²) >= 11 is 0. The highest BCUT2D eigenvalue weighted by Crippen LogP contribution is 2.21. The fourth-order valence-corrected chi connectivity index (χ4v) is 2.95. The maximum absolute atomic E-state index is 12.6. The molecule has 20 heavy (non-hydrogen) atoms. The Morgan fingerprint density at radius 3 is 2.70 bits per heavy atom. The fraction of sp³-hybridized carbons (Fsp3) is 0.643. The normalized spacial score (nSPS) is 12.1. The van der Waals surface area contributed by atoms with Crippen molar-refractivity contribution in [1.29, 1.82) is 0 Å². The number of rotatable bonds is 8. The minimum absolute atomic E-state index is 0.111. The van der Waals surface area contributed by atoms with Gasteiger partial charge < -0.3 is 5.32 Å². The molecule has 0 atom stereocenters. The van der Waals surface area contributed by atoms with Crippen LogP contribution in [-0.2, 0) is 10.0 Å². The second kappa shape index (κ2) is 7.59. The summed E-state index contributed by atoms with van der Waals surface area (Å²) < 4.78 is 26.5. The molecule has 114 valence electrons. The third kappa shape index (κ3) is 4.45. The van der Waals surface area contributed by atoms with Gasteiger partial charge in [0.25, 0.3) is 10.0 Å². The first-order chi connectivity index (χ1) is 9.39. The third-order valence-corrected chi connectivity index (χ3v) is 4.83. The molecule has 0 saturated carbocycles. The van der Waals surface area contributed by atoms with E-state index in [0.717, 1.165) is 19.4 Å². The minimum atomic E-state index is -3.54. The van der Waals surface area contributed by atoms with Gasteiger partial charge in [0.1, 0.15) is 0 Å². The molecule has 0 bridgehead atoms. The zero-order valence-corrected chi connectivity index (χ0v) is 13.6. The van der Waals surface area contributed by atoms with Crippen LogP contribution in [0.5, 0.6) is 0 Å². The van der Waals surface area contributed by atoms with E-state index < -0.39 is 10.0 Å². The van der Waals surface area contributed by atoms with Crippen molar-refractivity contribution in [3.8, 4) is 0 Å². The molecule has 1 N–H and O–H groups in total. The molecule has 1 heterocycles. The molecule has 0 radical (unpaired) electrons. The number of pyridine rings is 1. The van der Waals surface area contributed by atoms with E-state index in [4.69, 9.17) is 0 Å². The van der Waals surface area contributed by atoms with E-state index in [0.29, 0.717) is 18.2 Å². The number of nitrogens with zero attached hydrogens (tertiary/aromatic N) is 2. The van der Waals surface area contributed by atoms with Crippen LogP contribution in [0.15, 0.2) is 23.4 Å². The molecule has 0 aromatic carbocycles. The Morgan fingerprint density at radius 1 is 1.40 bits per heavy atom. The highest BCUT2D eigenvalue weighted by molar-refractivity contribution is 7.89. The fourth-order valence-electron chi connectivity index (χ4n) is 1.70. The summed E-state index contributed by atoms with van der Waals surface area (Å²) in [5.74, 6) is 0.467. The van der Waals surface area contributed by atoms with Gasteiger partial charge in [-0.1, -0.05) is 20.8 Å². The molecule has 6 heteroatoms. The highest BCUT2D eigenvalue weighted by Gasteiger charge is 2.25. The van der Waals surface area contributed by atoms with Crippen LogP contribution in [0, 0.1) is 5.92 Å². The molecule has 1 rings (SSSR count). The predicted molar refractivity (Wildman–Crippen MR) is 82.3 cm³/mol. The summed E-state index contributed by atoms with van der Waals surface area (Å²) in [6.07, 6.45) is 3.28. The van der Waals surface area contributed by atoms with Crippen LogP contribution in [0.25, 0.3) is 0 Å². The van der Waals surface area contributed by atoms with Crippen LogP contribution in [0.2, 0.25) is 0 Å². The molecular formula is C14H25N3O2S. The smallest absolute Gasteiger partial charge is 0.262 e. The molecule has 0 amide bonds. The lowest BCUT2D eigenvalue weighted by Gasteiger charge is -2.19. The van der Waals surface area contributed by atoms with Crippen LogP contribution in [0.4, 0.5) is 5.69 Å². The quantitative estimate of drug-likeness (QED) is 0.801. The number of hydrogen-bond acceptors (Lipinski definition) is 4. The van der Waals surface area contributed by atoms with Gasteiger partial charge in [-0.3, -0.25) is 0 Å². The molecule has 0 unspecified atom stereocenters. The zero-order valence-electron chi connectivity index (χ0n) is 12.8. The summed E-state index contributed by atoms with van der Waals surface area (Å²) in [6.45, 7) is 7.42. The average molecular weight is 299 g/mol. The van der Waals surface area contributed by atoms with Crippen LogP contribution in [0.3, 0.4) is 0 Å².